The van der Waals surface area contributed by atoms with Gasteiger partial charge >= 0.3 is 5.97 Å². The number of rotatable bonds is 6. The van der Waals surface area contributed by atoms with Gasteiger partial charge in [-0.3, -0.25) is 9.59 Å². The van der Waals surface area contributed by atoms with Gasteiger partial charge in [-0.15, -0.1) is 0 Å². The molecule has 0 saturated heterocycles. The van der Waals surface area contributed by atoms with Gasteiger partial charge in [-0.1, -0.05) is 17.7 Å². The van der Waals surface area contributed by atoms with E-state index in [-0.39, 0.29) is 11.8 Å². The maximum absolute atomic E-state index is 12.1. The van der Waals surface area contributed by atoms with E-state index in [1.165, 1.54) is 0 Å². The number of ether oxygens (including phenoxy) is 1. The molecular formula is C16H20ClNO4. The van der Waals surface area contributed by atoms with Gasteiger partial charge in [0.25, 0.3) is 0 Å². The molecule has 0 bridgehead atoms. The first-order chi connectivity index (χ1) is 10.5. The summed E-state index contributed by atoms with van der Waals surface area (Å²) in [6.07, 6.45) is 1.63. The van der Waals surface area contributed by atoms with Gasteiger partial charge in [0, 0.05) is 12.5 Å². The third-order valence-electron chi connectivity index (χ3n) is 3.92. The average molecular weight is 326 g/mol. The molecule has 1 saturated carbocycles. The number of carbonyl (C=O) groups is 2. The Kier molecular flexibility index (Phi) is 5.66. The molecule has 1 aromatic rings. The molecule has 0 aromatic heterocycles. The van der Waals surface area contributed by atoms with Crippen LogP contribution >= 0.6 is 11.6 Å². The number of halogens is 1. The normalized spacial score (nSPS) is 20.6. The number of benzene rings is 1. The lowest BCUT2D eigenvalue weighted by Crippen LogP contribution is -2.29. The highest BCUT2D eigenvalue weighted by Gasteiger charge is 2.33. The summed E-state index contributed by atoms with van der Waals surface area (Å²) >= 11 is 6.10. The number of carboxylic acids is 1. The van der Waals surface area contributed by atoms with E-state index in [1.807, 2.05) is 13.0 Å². The number of hydrogen-bond acceptors (Lipinski definition) is 3. The number of nitrogens with one attached hydrogen (secondary N) is 1. The van der Waals surface area contributed by atoms with Gasteiger partial charge in [0.15, 0.2) is 0 Å². The van der Waals surface area contributed by atoms with Gasteiger partial charge < -0.3 is 15.2 Å². The third-order valence-corrected chi connectivity index (χ3v) is 4.21. The van der Waals surface area contributed by atoms with Crippen LogP contribution in [0.4, 0.5) is 0 Å². The van der Waals surface area contributed by atoms with Gasteiger partial charge in [0.05, 0.1) is 17.5 Å². The number of aliphatic carboxylic acids is 1. The first-order valence-electron chi connectivity index (χ1n) is 7.43. The Bertz CT molecular complexity index is 561. The summed E-state index contributed by atoms with van der Waals surface area (Å²) in [7, 11) is 0. The Hall–Kier alpha value is -1.75. The minimum atomic E-state index is -0.811. The SMILES string of the molecule is CCOc1ccc(CNC(=O)[C@@H]2CC[C@H](C(=O)O)C2)cc1Cl. The summed E-state index contributed by atoms with van der Waals surface area (Å²) in [5, 5.41) is 12.3. The molecule has 1 aliphatic carbocycles. The van der Waals surface area contributed by atoms with Crippen molar-refractivity contribution >= 4 is 23.5 Å². The molecular weight excluding hydrogens is 306 g/mol. The molecule has 0 aliphatic heterocycles. The van der Waals surface area contributed by atoms with Crippen molar-refractivity contribution in [1.29, 1.82) is 0 Å². The van der Waals surface area contributed by atoms with E-state index >= 15 is 0 Å². The van der Waals surface area contributed by atoms with E-state index in [9.17, 15) is 9.59 Å². The number of carbonyl (C=O) groups excluding carboxylic acids is 1. The van der Waals surface area contributed by atoms with Crippen LogP contribution in [0.1, 0.15) is 31.7 Å². The number of amides is 1. The number of carboxylic acid groups (broad SMARTS) is 1. The van der Waals surface area contributed by atoms with Crippen LogP contribution in [-0.2, 0) is 16.1 Å². The van der Waals surface area contributed by atoms with Gasteiger partial charge in [-0.2, -0.15) is 0 Å². The van der Waals surface area contributed by atoms with Crippen LogP contribution in [0.2, 0.25) is 5.02 Å². The monoisotopic (exact) mass is 325 g/mol. The molecule has 2 rings (SSSR count). The molecule has 0 radical (unpaired) electrons. The minimum Gasteiger partial charge on any atom is -0.492 e. The second-order valence-corrected chi connectivity index (χ2v) is 5.87. The first-order valence-corrected chi connectivity index (χ1v) is 7.80. The summed E-state index contributed by atoms with van der Waals surface area (Å²) in [5.74, 6) is -0.878. The van der Waals surface area contributed by atoms with Gasteiger partial charge in [0.2, 0.25) is 5.91 Å². The van der Waals surface area contributed by atoms with Crippen molar-refractivity contribution in [3.8, 4) is 5.75 Å². The van der Waals surface area contributed by atoms with Crippen LogP contribution in [0.25, 0.3) is 0 Å². The summed E-state index contributed by atoms with van der Waals surface area (Å²) in [5.41, 5.74) is 0.884. The van der Waals surface area contributed by atoms with Crippen molar-refractivity contribution in [3.63, 3.8) is 0 Å². The molecule has 0 unspecified atom stereocenters. The molecule has 2 atom stereocenters. The lowest BCUT2D eigenvalue weighted by molar-refractivity contribution is -0.141. The second kappa shape index (κ2) is 7.49. The Morgan fingerprint density at radius 2 is 2.09 bits per heavy atom. The smallest absolute Gasteiger partial charge is 0.306 e. The standard InChI is InChI=1S/C16H20ClNO4/c1-2-22-14-6-3-10(7-13(14)17)9-18-15(19)11-4-5-12(8-11)16(20)21/h3,6-7,11-12H,2,4-5,8-9H2,1H3,(H,18,19)(H,20,21)/t11-,12+/m1/s1. The molecule has 1 fully saturated rings. The Balaban J connectivity index is 1.86. The molecule has 1 aromatic carbocycles. The van der Waals surface area contributed by atoms with E-state index in [0.29, 0.717) is 43.2 Å². The predicted octanol–water partition coefficient (Wildman–Crippen LogP) is 2.86. The van der Waals surface area contributed by atoms with Crippen LogP contribution in [0, 0.1) is 11.8 Å². The maximum atomic E-state index is 12.1. The molecule has 120 valence electrons. The lowest BCUT2D eigenvalue weighted by atomic mass is 10.0. The van der Waals surface area contributed by atoms with E-state index in [2.05, 4.69) is 5.32 Å². The van der Waals surface area contributed by atoms with Crippen molar-refractivity contribution < 1.29 is 19.4 Å². The predicted molar refractivity (Wildman–Crippen MR) is 82.9 cm³/mol. The zero-order chi connectivity index (χ0) is 16.1. The highest BCUT2D eigenvalue weighted by molar-refractivity contribution is 6.32. The lowest BCUT2D eigenvalue weighted by Gasteiger charge is -2.12. The molecule has 2 N–H and O–H groups in total. The Morgan fingerprint density at radius 1 is 1.36 bits per heavy atom. The highest BCUT2D eigenvalue weighted by Crippen LogP contribution is 2.31. The third kappa shape index (κ3) is 4.13. The zero-order valence-electron chi connectivity index (χ0n) is 12.5. The molecule has 6 heteroatoms. The van der Waals surface area contributed by atoms with Gasteiger partial charge in [0.1, 0.15) is 5.75 Å². The molecule has 5 nitrogen and oxygen atoms in total. The van der Waals surface area contributed by atoms with Crippen molar-refractivity contribution in [1.82, 2.24) is 5.32 Å². The largest absolute Gasteiger partial charge is 0.492 e. The van der Waals surface area contributed by atoms with E-state index in [0.717, 1.165) is 5.56 Å². The van der Waals surface area contributed by atoms with Crippen molar-refractivity contribution in [2.45, 2.75) is 32.7 Å². The highest BCUT2D eigenvalue weighted by atomic mass is 35.5. The minimum absolute atomic E-state index is 0.0891. The molecule has 1 amide bonds. The zero-order valence-corrected chi connectivity index (χ0v) is 13.2. The molecule has 0 heterocycles. The second-order valence-electron chi connectivity index (χ2n) is 5.46. The fraction of sp³-hybridized carbons (Fsp3) is 0.500. The van der Waals surface area contributed by atoms with Crippen LogP contribution in [0.5, 0.6) is 5.75 Å². The fourth-order valence-electron chi connectivity index (χ4n) is 2.70. The maximum Gasteiger partial charge on any atom is 0.306 e. The molecule has 22 heavy (non-hydrogen) atoms. The fourth-order valence-corrected chi connectivity index (χ4v) is 2.96. The van der Waals surface area contributed by atoms with Crippen LogP contribution in [-0.4, -0.2) is 23.6 Å². The average Bonchev–Trinajstić information content (AvgIpc) is 2.97. The number of hydrogen-bond donors (Lipinski definition) is 2. The van der Waals surface area contributed by atoms with E-state index < -0.39 is 11.9 Å². The summed E-state index contributed by atoms with van der Waals surface area (Å²) in [6.45, 7) is 2.80. The van der Waals surface area contributed by atoms with Gasteiger partial charge in [-0.05, 0) is 43.9 Å². The molecule has 1 aliphatic rings. The van der Waals surface area contributed by atoms with Crippen LogP contribution in [0.3, 0.4) is 0 Å². The Labute approximate surface area is 134 Å². The van der Waals surface area contributed by atoms with Crippen LogP contribution < -0.4 is 10.1 Å². The van der Waals surface area contributed by atoms with E-state index in [1.54, 1.807) is 12.1 Å². The van der Waals surface area contributed by atoms with E-state index in [4.69, 9.17) is 21.4 Å². The summed E-state index contributed by atoms with van der Waals surface area (Å²) < 4.78 is 5.36. The van der Waals surface area contributed by atoms with Crippen molar-refractivity contribution in [2.75, 3.05) is 6.61 Å². The summed E-state index contributed by atoms with van der Waals surface area (Å²) in [6, 6.07) is 5.40. The topological polar surface area (TPSA) is 75.6 Å². The van der Waals surface area contributed by atoms with Crippen LogP contribution in [0.15, 0.2) is 18.2 Å². The van der Waals surface area contributed by atoms with Crippen molar-refractivity contribution in [2.24, 2.45) is 11.8 Å². The first kappa shape index (κ1) is 16.6. The van der Waals surface area contributed by atoms with Crippen molar-refractivity contribution in [3.05, 3.63) is 28.8 Å². The quantitative estimate of drug-likeness (QED) is 0.843. The Morgan fingerprint density at radius 3 is 2.68 bits per heavy atom. The van der Waals surface area contributed by atoms with Gasteiger partial charge in [-0.25, -0.2) is 0 Å². The summed E-state index contributed by atoms with van der Waals surface area (Å²) in [4.78, 5) is 23.0. The molecule has 0 spiro atoms.